The molecule has 0 radical (unpaired) electrons. The SMILES string of the molecule is CCOC(=O)C1=C(Nc2ccc(F)cc2F)OC(=Cc2c[nH]c3ncccc23)C1=O. The summed E-state index contributed by atoms with van der Waals surface area (Å²) in [6.07, 6.45) is 4.70. The fraction of sp³-hybridized carbons (Fsp3) is 0.0952. The van der Waals surface area contributed by atoms with E-state index in [9.17, 15) is 18.4 Å². The highest BCUT2D eigenvalue weighted by atomic mass is 19.1. The fourth-order valence-corrected chi connectivity index (χ4v) is 2.96. The minimum absolute atomic E-state index is 0.0287. The minimum Gasteiger partial charge on any atom is -0.462 e. The van der Waals surface area contributed by atoms with Gasteiger partial charge >= 0.3 is 5.97 Å². The quantitative estimate of drug-likeness (QED) is 0.378. The Hall–Kier alpha value is -4.01. The first-order valence-electron chi connectivity index (χ1n) is 8.97. The van der Waals surface area contributed by atoms with E-state index in [0.717, 1.165) is 17.5 Å². The first-order valence-corrected chi connectivity index (χ1v) is 8.97. The number of carbonyl (C=O) groups excluding carboxylic acids is 2. The van der Waals surface area contributed by atoms with Gasteiger partial charge in [0.15, 0.2) is 11.3 Å². The number of hydrogen-bond acceptors (Lipinski definition) is 6. The van der Waals surface area contributed by atoms with Crippen molar-refractivity contribution in [2.75, 3.05) is 11.9 Å². The van der Waals surface area contributed by atoms with Gasteiger partial charge < -0.3 is 19.8 Å². The molecular formula is C21H15F2N3O4. The van der Waals surface area contributed by atoms with Crippen LogP contribution in [0.3, 0.4) is 0 Å². The number of aromatic amines is 1. The molecule has 3 heterocycles. The number of ether oxygens (including phenoxy) is 2. The highest BCUT2D eigenvalue weighted by Gasteiger charge is 2.37. The van der Waals surface area contributed by atoms with Crippen LogP contribution >= 0.6 is 0 Å². The molecule has 1 aliphatic rings. The van der Waals surface area contributed by atoms with Gasteiger partial charge in [-0.05, 0) is 37.3 Å². The monoisotopic (exact) mass is 411 g/mol. The maximum Gasteiger partial charge on any atom is 0.347 e. The van der Waals surface area contributed by atoms with Gasteiger partial charge in [-0.1, -0.05) is 0 Å². The molecule has 0 saturated heterocycles. The number of H-pyrrole nitrogens is 1. The van der Waals surface area contributed by atoms with Gasteiger partial charge in [0, 0.05) is 29.4 Å². The molecule has 30 heavy (non-hydrogen) atoms. The molecule has 0 spiro atoms. The lowest BCUT2D eigenvalue weighted by molar-refractivity contribution is -0.139. The number of rotatable bonds is 5. The van der Waals surface area contributed by atoms with Crippen LogP contribution in [0.4, 0.5) is 14.5 Å². The zero-order chi connectivity index (χ0) is 21.3. The van der Waals surface area contributed by atoms with Crippen molar-refractivity contribution in [3.63, 3.8) is 0 Å². The fourth-order valence-electron chi connectivity index (χ4n) is 2.96. The number of fused-ring (bicyclic) bond motifs is 1. The predicted octanol–water partition coefficient (Wildman–Crippen LogP) is 3.67. The molecule has 2 aromatic heterocycles. The highest BCUT2D eigenvalue weighted by Crippen LogP contribution is 2.31. The number of benzene rings is 1. The number of anilines is 1. The average Bonchev–Trinajstić information content (AvgIpc) is 3.26. The summed E-state index contributed by atoms with van der Waals surface area (Å²) in [5.41, 5.74) is 0.641. The van der Waals surface area contributed by atoms with E-state index in [2.05, 4.69) is 15.3 Å². The Morgan fingerprint density at radius 1 is 1.33 bits per heavy atom. The summed E-state index contributed by atoms with van der Waals surface area (Å²) in [6, 6.07) is 6.36. The number of carbonyl (C=O) groups is 2. The number of Topliss-reactive ketones (excluding diaryl/α,β-unsaturated/α-hetero) is 1. The number of aromatic nitrogens is 2. The number of halogens is 2. The number of pyridine rings is 1. The third-order valence-electron chi connectivity index (χ3n) is 4.32. The molecule has 0 unspecified atom stereocenters. The molecule has 0 saturated carbocycles. The average molecular weight is 411 g/mol. The Kier molecular flexibility index (Phi) is 5.01. The second-order valence-electron chi connectivity index (χ2n) is 6.26. The summed E-state index contributed by atoms with van der Waals surface area (Å²) >= 11 is 0. The van der Waals surface area contributed by atoms with Gasteiger partial charge in [-0.3, -0.25) is 4.79 Å². The second-order valence-corrected chi connectivity index (χ2v) is 6.26. The molecule has 0 bridgehead atoms. The Bertz CT molecular complexity index is 1230. The Morgan fingerprint density at radius 3 is 2.93 bits per heavy atom. The van der Waals surface area contributed by atoms with Crippen LogP contribution in [0, 0.1) is 11.6 Å². The standard InChI is InChI=1S/C21H15F2N3O4/c1-2-29-21(28)17-18(27)16(8-11-10-25-19-13(11)4-3-7-24-19)30-20(17)26-15-6-5-12(22)9-14(15)23/h3-10,26H,2H2,1H3,(H,24,25). The van der Waals surface area contributed by atoms with Crippen molar-refractivity contribution in [3.8, 4) is 0 Å². The number of hydrogen-bond donors (Lipinski definition) is 2. The molecule has 1 aliphatic heterocycles. The van der Waals surface area contributed by atoms with Crippen molar-refractivity contribution >= 4 is 34.5 Å². The van der Waals surface area contributed by atoms with Gasteiger partial charge in [0.05, 0.1) is 12.3 Å². The lowest BCUT2D eigenvalue weighted by atomic mass is 10.1. The van der Waals surface area contributed by atoms with Crippen LogP contribution in [-0.2, 0) is 19.1 Å². The number of nitrogens with zero attached hydrogens (tertiary/aromatic N) is 1. The molecule has 152 valence electrons. The summed E-state index contributed by atoms with van der Waals surface area (Å²) in [5.74, 6) is -3.79. The van der Waals surface area contributed by atoms with Gasteiger partial charge in [0.25, 0.3) is 0 Å². The Labute approximate surface area is 169 Å². The van der Waals surface area contributed by atoms with E-state index in [1.807, 2.05) is 0 Å². The van der Waals surface area contributed by atoms with Crippen molar-refractivity contribution in [2.45, 2.75) is 6.92 Å². The summed E-state index contributed by atoms with van der Waals surface area (Å²) in [7, 11) is 0. The van der Waals surface area contributed by atoms with E-state index < -0.39 is 29.0 Å². The third kappa shape index (κ3) is 3.52. The van der Waals surface area contributed by atoms with Gasteiger partial charge in [0.2, 0.25) is 11.7 Å². The summed E-state index contributed by atoms with van der Waals surface area (Å²) in [5, 5.41) is 3.28. The van der Waals surface area contributed by atoms with E-state index in [1.54, 1.807) is 31.5 Å². The molecule has 9 heteroatoms. The molecule has 2 N–H and O–H groups in total. The smallest absolute Gasteiger partial charge is 0.347 e. The summed E-state index contributed by atoms with van der Waals surface area (Å²) in [6.45, 7) is 1.61. The zero-order valence-corrected chi connectivity index (χ0v) is 15.7. The van der Waals surface area contributed by atoms with Crippen LogP contribution in [0.2, 0.25) is 0 Å². The maximum atomic E-state index is 14.0. The van der Waals surface area contributed by atoms with E-state index in [-0.39, 0.29) is 23.9 Å². The predicted molar refractivity (Wildman–Crippen MR) is 104 cm³/mol. The van der Waals surface area contributed by atoms with Crippen molar-refractivity contribution in [1.29, 1.82) is 0 Å². The second kappa shape index (κ2) is 7.78. The summed E-state index contributed by atoms with van der Waals surface area (Å²) in [4.78, 5) is 32.3. The minimum atomic E-state index is -0.920. The Morgan fingerprint density at radius 2 is 2.17 bits per heavy atom. The van der Waals surface area contributed by atoms with Crippen molar-refractivity contribution < 1.29 is 27.8 Å². The molecule has 0 atom stereocenters. The van der Waals surface area contributed by atoms with E-state index in [4.69, 9.17) is 9.47 Å². The normalized spacial score (nSPS) is 15.0. The van der Waals surface area contributed by atoms with Gasteiger partial charge in [-0.25, -0.2) is 18.6 Å². The van der Waals surface area contributed by atoms with E-state index in [0.29, 0.717) is 17.3 Å². The van der Waals surface area contributed by atoms with Crippen molar-refractivity contribution in [3.05, 3.63) is 77.1 Å². The van der Waals surface area contributed by atoms with Crippen LogP contribution < -0.4 is 5.32 Å². The van der Waals surface area contributed by atoms with Gasteiger partial charge in [-0.15, -0.1) is 0 Å². The number of allylic oxidation sites excluding steroid dienone is 1. The summed E-state index contributed by atoms with van der Waals surface area (Å²) < 4.78 is 37.7. The van der Waals surface area contributed by atoms with Gasteiger partial charge in [-0.2, -0.15) is 0 Å². The van der Waals surface area contributed by atoms with Crippen LogP contribution in [-0.4, -0.2) is 28.3 Å². The molecule has 1 aromatic carbocycles. The van der Waals surface area contributed by atoms with Crippen LogP contribution in [0.15, 0.2) is 59.9 Å². The largest absolute Gasteiger partial charge is 0.462 e. The third-order valence-corrected chi connectivity index (χ3v) is 4.32. The maximum absolute atomic E-state index is 14.0. The first kappa shape index (κ1) is 19.3. The van der Waals surface area contributed by atoms with Crippen LogP contribution in [0.25, 0.3) is 17.1 Å². The molecule has 0 amide bonds. The number of esters is 1. The van der Waals surface area contributed by atoms with E-state index in [1.165, 1.54) is 6.08 Å². The lowest BCUT2D eigenvalue weighted by Gasteiger charge is -2.09. The highest BCUT2D eigenvalue weighted by molar-refractivity contribution is 6.26. The van der Waals surface area contributed by atoms with Crippen LogP contribution in [0.1, 0.15) is 12.5 Å². The topological polar surface area (TPSA) is 93.3 Å². The van der Waals surface area contributed by atoms with Crippen LogP contribution in [0.5, 0.6) is 0 Å². The van der Waals surface area contributed by atoms with Crippen molar-refractivity contribution in [1.82, 2.24) is 9.97 Å². The molecular weight excluding hydrogens is 396 g/mol. The van der Waals surface area contributed by atoms with E-state index >= 15 is 0 Å². The lowest BCUT2D eigenvalue weighted by Crippen LogP contribution is -2.16. The number of ketones is 1. The molecule has 4 rings (SSSR count). The Balaban J connectivity index is 1.72. The molecule has 0 aliphatic carbocycles. The molecule has 7 nitrogen and oxygen atoms in total. The van der Waals surface area contributed by atoms with Gasteiger partial charge in [0.1, 0.15) is 17.3 Å². The molecule has 0 fully saturated rings. The zero-order valence-electron chi connectivity index (χ0n) is 15.7. The van der Waals surface area contributed by atoms with Crippen molar-refractivity contribution in [2.24, 2.45) is 0 Å². The first-order chi connectivity index (χ1) is 14.5. The number of nitrogens with one attached hydrogen (secondary N) is 2. The molecule has 3 aromatic rings.